The molecule has 1 heterocycles. The van der Waals surface area contributed by atoms with Gasteiger partial charge in [-0.05, 0) is 76.4 Å². The first kappa shape index (κ1) is 13.9. The molecule has 3 aliphatic rings. The van der Waals surface area contributed by atoms with Crippen molar-refractivity contribution < 1.29 is 9.31 Å². The zero-order chi connectivity index (χ0) is 14.1. The van der Waals surface area contributed by atoms with Crippen LogP contribution in [0.4, 0.5) is 0 Å². The third-order valence-corrected chi connectivity index (χ3v) is 6.80. The van der Waals surface area contributed by atoms with Gasteiger partial charge in [-0.25, -0.2) is 0 Å². The second-order valence-corrected chi connectivity index (χ2v) is 8.62. The van der Waals surface area contributed by atoms with Crippen molar-refractivity contribution in [2.24, 2.45) is 23.2 Å². The Kier molecular flexibility index (Phi) is 2.94. The van der Waals surface area contributed by atoms with Gasteiger partial charge in [0.05, 0.1) is 11.2 Å². The van der Waals surface area contributed by atoms with E-state index in [1.54, 1.807) is 0 Å². The quantitative estimate of drug-likeness (QED) is 0.697. The number of hydrogen-bond donors (Lipinski definition) is 0. The molecule has 0 spiro atoms. The van der Waals surface area contributed by atoms with E-state index < -0.39 is 0 Å². The molecular formula is C16H29BO2. The van der Waals surface area contributed by atoms with Crippen molar-refractivity contribution >= 4 is 7.12 Å². The summed E-state index contributed by atoms with van der Waals surface area (Å²) in [5.74, 6) is 2.63. The van der Waals surface area contributed by atoms with Crippen molar-refractivity contribution in [2.75, 3.05) is 0 Å². The summed E-state index contributed by atoms with van der Waals surface area (Å²) in [4.78, 5) is 0. The number of hydrogen-bond acceptors (Lipinski definition) is 2. The molecule has 2 aliphatic carbocycles. The van der Waals surface area contributed by atoms with Gasteiger partial charge in [0.15, 0.2) is 0 Å². The first-order valence-corrected chi connectivity index (χ1v) is 7.99. The van der Waals surface area contributed by atoms with Crippen molar-refractivity contribution in [3.63, 3.8) is 0 Å². The van der Waals surface area contributed by atoms with Gasteiger partial charge >= 0.3 is 7.12 Å². The molecule has 3 atom stereocenters. The minimum Gasteiger partial charge on any atom is -0.403 e. The summed E-state index contributed by atoms with van der Waals surface area (Å²) in [6.45, 7) is 13.5. The fourth-order valence-electron chi connectivity index (χ4n) is 4.73. The highest BCUT2D eigenvalue weighted by Gasteiger charge is 2.57. The standard InChI is InChI=1S/C16H29BO2/c1-14(2)12-8-7-11(9-12)13(14)10-17-18-15(3,4)16(5,6)19-17/h11-13H,7-10H2,1-6H3. The zero-order valence-electron chi connectivity index (χ0n) is 13.5. The van der Waals surface area contributed by atoms with Crippen LogP contribution in [-0.4, -0.2) is 18.3 Å². The van der Waals surface area contributed by atoms with Crippen molar-refractivity contribution in [1.82, 2.24) is 0 Å². The highest BCUT2D eigenvalue weighted by atomic mass is 16.7. The van der Waals surface area contributed by atoms with E-state index in [9.17, 15) is 0 Å². The van der Waals surface area contributed by atoms with E-state index in [1.165, 1.54) is 19.3 Å². The van der Waals surface area contributed by atoms with Gasteiger partial charge in [-0.1, -0.05) is 13.8 Å². The Balaban J connectivity index is 1.71. The second kappa shape index (κ2) is 4.01. The maximum absolute atomic E-state index is 6.20. The summed E-state index contributed by atoms with van der Waals surface area (Å²) in [5.41, 5.74) is 0.116. The monoisotopic (exact) mass is 264 g/mol. The number of fused-ring (bicyclic) bond motifs is 2. The predicted molar refractivity (Wildman–Crippen MR) is 79.0 cm³/mol. The van der Waals surface area contributed by atoms with Crippen LogP contribution in [0.3, 0.4) is 0 Å². The molecule has 0 amide bonds. The lowest BCUT2D eigenvalue weighted by Gasteiger charge is -2.38. The summed E-state index contributed by atoms with van der Waals surface area (Å²) < 4.78 is 12.4. The first-order chi connectivity index (χ1) is 8.63. The molecule has 0 radical (unpaired) electrons. The minimum absolute atomic E-state index is 0.00590. The van der Waals surface area contributed by atoms with Crippen LogP contribution in [0.15, 0.2) is 0 Å². The lowest BCUT2D eigenvalue weighted by atomic mass is 9.61. The highest BCUT2D eigenvalue weighted by Crippen LogP contribution is 2.61. The van der Waals surface area contributed by atoms with Gasteiger partial charge < -0.3 is 9.31 Å². The van der Waals surface area contributed by atoms with E-state index in [1.807, 2.05) is 0 Å². The molecule has 0 aromatic rings. The Morgan fingerprint density at radius 2 is 1.53 bits per heavy atom. The Hall–Kier alpha value is -0.0151. The van der Waals surface area contributed by atoms with Crippen LogP contribution < -0.4 is 0 Å². The molecule has 3 fully saturated rings. The lowest BCUT2D eigenvalue weighted by molar-refractivity contribution is 0.00578. The Morgan fingerprint density at radius 3 is 2.00 bits per heavy atom. The molecule has 3 rings (SSSR count). The van der Waals surface area contributed by atoms with Gasteiger partial charge in [0, 0.05) is 0 Å². The Bertz CT molecular complexity index is 359. The maximum Gasteiger partial charge on any atom is 0.458 e. The van der Waals surface area contributed by atoms with Crippen LogP contribution in [0.5, 0.6) is 0 Å². The molecule has 0 aromatic carbocycles. The average Bonchev–Trinajstić information content (AvgIpc) is 2.84. The fourth-order valence-corrected chi connectivity index (χ4v) is 4.73. The van der Waals surface area contributed by atoms with Crippen LogP contribution in [0.25, 0.3) is 0 Å². The molecule has 3 heteroatoms. The van der Waals surface area contributed by atoms with E-state index in [0.717, 1.165) is 24.1 Å². The maximum atomic E-state index is 6.20. The van der Waals surface area contributed by atoms with Crippen LogP contribution in [0, 0.1) is 23.2 Å². The van der Waals surface area contributed by atoms with Crippen molar-refractivity contribution in [2.45, 2.75) is 78.3 Å². The summed E-state index contributed by atoms with van der Waals surface area (Å²) in [5, 5.41) is 0. The van der Waals surface area contributed by atoms with Crippen LogP contribution in [0.2, 0.25) is 6.32 Å². The van der Waals surface area contributed by atoms with Crippen LogP contribution in [0.1, 0.15) is 60.8 Å². The van der Waals surface area contributed by atoms with Crippen molar-refractivity contribution in [3.8, 4) is 0 Å². The fraction of sp³-hybridized carbons (Fsp3) is 1.00. The molecule has 1 aliphatic heterocycles. The molecule has 1 saturated heterocycles. The number of rotatable bonds is 2. The minimum atomic E-state index is -0.181. The first-order valence-electron chi connectivity index (χ1n) is 7.99. The molecule has 2 bridgehead atoms. The van der Waals surface area contributed by atoms with E-state index in [0.29, 0.717) is 5.41 Å². The summed E-state index contributed by atoms with van der Waals surface area (Å²) in [6, 6.07) is 0. The molecule has 3 unspecified atom stereocenters. The van der Waals surface area contributed by atoms with E-state index >= 15 is 0 Å². The molecule has 19 heavy (non-hydrogen) atoms. The summed E-state index contributed by atoms with van der Waals surface area (Å²) in [6.07, 6.45) is 5.40. The summed E-state index contributed by atoms with van der Waals surface area (Å²) in [7, 11) is -0.00590. The van der Waals surface area contributed by atoms with Gasteiger partial charge in [0.2, 0.25) is 0 Å². The van der Waals surface area contributed by atoms with Gasteiger partial charge in [-0.2, -0.15) is 0 Å². The van der Waals surface area contributed by atoms with Gasteiger partial charge in [-0.15, -0.1) is 0 Å². The van der Waals surface area contributed by atoms with E-state index in [-0.39, 0.29) is 18.3 Å². The predicted octanol–water partition coefficient (Wildman–Crippen LogP) is 4.15. The molecule has 2 saturated carbocycles. The Labute approximate surface area is 118 Å². The van der Waals surface area contributed by atoms with Crippen molar-refractivity contribution in [1.29, 1.82) is 0 Å². The summed E-state index contributed by atoms with van der Waals surface area (Å²) >= 11 is 0. The largest absolute Gasteiger partial charge is 0.458 e. The van der Waals surface area contributed by atoms with Gasteiger partial charge in [0.1, 0.15) is 0 Å². The van der Waals surface area contributed by atoms with E-state index in [4.69, 9.17) is 9.31 Å². The van der Waals surface area contributed by atoms with Crippen LogP contribution >= 0.6 is 0 Å². The van der Waals surface area contributed by atoms with Crippen LogP contribution in [-0.2, 0) is 9.31 Å². The smallest absolute Gasteiger partial charge is 0.403 e. The lowest BCUT2D eigenvalue weighted by Crippen LogP contribution is -2.41. The topological polar surface area (TPSA) is 18.5 Å². The zero-order valence-corrected chi connectivity index (χ0v) is 13.5. The Morgan fingerprint density at radius 1 is 0.947 bits per heavy atom. The van der Waals surface area contributed by atoms with Gasteiger partial charge in [-0.3, -0.25) is 0 Å². The normalized spacial score (nSPS) is 42.0. The molecular weight excluding hydrogens is 235 g/mol. The SMILES string of the molecule is CC1(C)C2CCC(C2)C1CB1OC(C)(C)C(C)(C)O1. The molecule has 0 aromatic heterocycles. The van der Waals surface area contributed by atoms with Crippen molar-refractivity contribution in [3.05, 3.63) is 0 Å². The van der Waals surface area contributed by atoms with E-state index in [2.05, 4.69) is 41.5 Å². The molecule has 0 N–H and O–H groups in total. The third kappa shape index (κ3) is 2.00. The molecule has 108 valence electrons. The highest BCUT2D eigenvalue weighted by molar-refractivity contribution is 6.45. The molecule has 2 nitrogen and oxygen atoms in total. The van der Waals surface area contributed by atoms with Gasteiger partial charge in [0.25, 0.3) is 0 Å². The third-order valence-electron chi connectivity index (χ3n) is 6.80. The average molecular weight is 264 g/mol. The second-order valence-electron chi connectivity index (χ2n) is 8.62.